The van der Waals surface area contributed by atoms with Gasteiger partial charge in [0, 0.05) is 24.0 Å². The van der Waals surface area contributed by atoms with Crippen LogP contribution in [0.4, 0.5) is 28.6 Å². The number of amidine groups is 1. The van der Waals surface area contributed by atoms with Crippen LogP contribution in [0.15, 0.2) is 127 Å². The van der Waals surface area contributed by atoms with E-state index in [4.69, 9.17) is 10.1 Å². The Morgan fingerprint density at radius 3 is 1.98 bits per heavy atom. The predicted octanol–water partition coefficient (Wildman–Crippen LogP) is 9.98. The van der Waals surface area contributed by atoms with E-state index in [1.807, 2.05) is 33.9 Å². The fourth-order valence-corrected chi connectivity index (χ4v) is 8.17. The third-order valence-corrected chi connectivity index (χ3v) is 10.3. The molecule has 0 aliphatic carbocycles. The summed E-state index contributed by atoms with van der Waals surface area (Å²) in [7, 11) is 2.21. The maximum absolute atomic E-state index is 5.59. The van der Waals surface area contributed by atoms with Crippen molar-refractivity contribution < 1.29 is 0 Å². The minimum absolute atomic E-state index is 0.0489. The molecule has 0 spiro atoms. The first-order valence-electron chi connectivity index (χ1n) is 17.8. The molecule has 8 rings (SSSR count). The van der Waals surface area contributed by atoms with Crippen molar-refractivity contribution in [3.63, 3.8) is 0 Å². The topological polar surface area (TPSA) is 51.1 Å². The van der Waals surface area contributed by atoms with Crippen LogP contribution in [-0.2, 0) is 0 Å². The second-order valence-corrected chi connectivity index (χ2v) is 12.3. The van der Waals surface area contributed by atoms with E-state index < -0.39 is 0 Å². The van der Waals surface area contributed by atoms with Gasteiger partial charge in [-0.25, -0.2) is 15.0 Å². The van der Waals surface area contributed by atoms with Gasteiger partial charge in [0.1, 0.15) is 24.3 Å². The molecule has 4 atom stereocenters. The molecule has 49 heavy (non-hydrogen) atoms. The van der Waals surface area contributed by atoms with Crippen LogP contribution in [-0.4, -0.2) is 35.2 Å². The fraction of sp³-hybridized carbons (Fsp3) is 0.310. The molecular weight excluding hydrogens is 603 g/mol. The first-order valence-corrected chi connectivity index (χ1v) is 17.8. The monoisotopic (exact) mass is 651 g/mol. The Kier molecular flexibility index (Phi) is 9.72. The molecule has 0 bridgehead atoms. The quantitative estimate of drug-likeness (QED) is 0.189. The van der Waals surface area contributed by atoms with E-state index >= 15 is 0 Å². The van der Waals surface area contributed by atoms with Gasteiger partial charge in [-0.3, -0.25) is 0 Å². The van der Waals surface area contributed by atoms with Crippen LogP contribution in [0.5, 0.6) is 0 Å². The molecule has 5 aromatic rings. The summed E-state index contributed by atoms with van der Waals surface area (Å²) in [5.41, 5.74) is 7.70. The Morgan fingerprint density at radius 2 is 1.31 bits per heavy atom. The fourth-order valence-electron chi connectivity index (χ4n) is 8.17. The average Bonchev–Trinajstić information content (AvgIpc) is 3.72. The number of hydrogen-bond acceptors (Lipinski definition) is 7. The molecule has 3 aliphatic heterocycles. The lowest BCUT2D eigenvalue weighted by Gasteiger charge is -2.58. The van der Waals surface area contributed by atoms with E-state index in [-0.39, 0.29) is 23.7 Å². The van der Waals surface area contributed by atoms with Gasteiger partial charge in [0.25, 0.3) is 0 Å². The first kappa shape index (κ1) is 33.7. The molecule has 1 aromatic heterocycles. The molecule has 4 unspecified atom stereocenters. The largest absolute Gasteiger partial charge is 0.349 e. The van der Waals surface area contributed by atoms with Crippen LogP contribution >= 0.6 is 0 Å². The Morgan fingerprint density at radius 1 is 0.694 bits per heavy atom. The van der Waals surface area contributed by atoms with Gasteiger partial charge in [0.05, 0.1) is 17.3 Å². The highest BCUT2D eigenvalue weighted by Gasteiger charge is 2.64. The highest BCUT2D eigenvalue weighted by molar-refractivity contribution is 6.13. The summed E-state index contributed by atoms with van der Waals surface area (Å²) in [6.07, 6.45) is 4.30. The molecule has 7 nitrogen and oxygen atoms in total. The van der Waals surface area contributed by atoms with Crippen LogP contribution in [0.25, 0.3) is 0 Å². The summed E-state index contributed by atoms with van der Waals surface area (Å²) in [4.78, 5) is 16.7. The summed E-state index contributed by atoms with van der Waals surface area (Å²) in [5, 5.41) is 7.91. The Balaban J connectivity index is 0.00000101. The molecule has 252 valence electrons. The molecule has 4 aromatic carbocycles. The molecule has 0 saturated heterocycles. The summed E-state index contributed by atoms with van der Waals surface area (Å²) >= 11 is 0. The number of benzene rings is 4. The number of aromatic nitrogens is 2. The standard InChI is InChI=1S/C38H37N7.2C2H6/c1-5-38(27(3)30-21-13-15-23-32(30)44-35-33(24-39-25-40-35)42(4)36(38)44)37-43(29-19-10-7-11-20-29)34(28-17-8-6-9-18-28)41-45(37)31-22-14-12-16-26(31)2;2*1-2/h6-25,27,36-37H,5H2,1-4H3;2*1-2H3. The molecule has 3 aliphatic rings. The second-order valence-electron chi connectivity index (χ2n) is 12.3. The molecule has 7 heteroatoms. The van der Waals surface area contributed by atoms with Crippen LogP contribution in [0.3, 0.4) is 0 Å². The van der Waals surface area contributed by atoms with Crippen LogP contribution < -0.4 is 19.7 Å². The molecule has 0 amide bonds. The number of hydrazone groups is 1. The van der Waals surface area contributed by atoms with Gasteiger partial charge in [0.15, 0.2) is 11.7 Å². The van der Waals surface area contributed by atoms with Crippen LogP contribution in [0.2, 0.25) is 0 Å². The van der Waals surface area contributed by atoms with Crippen molar-refractivity contribution in [3.8, 4) is 0 Å². The zero-order valence-corrected chi connectivity index (χ0v) is 30.1. The van der Waals surface area contributed by atoms with Gasteiger partial charge >= 0.3 is 0 Å². The number of anilines is 5. The van der Waals surface area contributed by atoms with Gasteiger partial charge in [0.2, 0.25) is 0 Å². The summed E-state index contributed by atoms with van der Waals surface area (Å²) in [5.74, 6) is 2.06. The predicted molar refractivity (Wildman–Crippen MR) is 206 cm³/mol. The van der Waals surface area contributed by atoms with E-state index in [0.29, 0.717) is 0 Å². The SMILES string of the molecule is CC.CC.CCC1(C2N(c3ccccc3C)N=C(c3ccccc3)N2c2ccccc2)C(C)c2ccccc2N2c3ncncc3N(C)C21. The smallest absolute Gasteiger partial charge is 0.162 e. The van der Waals surface area contributed by atoms with Gasteiger partial charge in [-0.05, 0) is 54.7 Å². The van der Waals surface area contributed by atoms with Gasteiger partial charge in [-0.15, -0.1) is 0 Å². The van der Waals surface area contributed by atoms with Gasteiger partial charge in [-0.2, -0.15) is 5.10 Å². The number of fused-ring (bicyclic) bond motifs is 5. The maximum atomic E-state index is 5.59. The number of rotatable bonds is 5. The van der Waals surface area contributed by atoms with Crippen LogP contribution in [0, 0.1) is 12.3 Å². The van der Waals surface area contributed by atoms with E-state index in [0.717, 1.165) is 40.7 Å². The highest BCUT2D eigenvalue weighted by Crippen LogP contribution is 2.62. The molecule has 0 radical (unpaired) electrons. The van der Waals surface area contributed by atoms with Crippen molar-refractivity contribution in [3.05, 3.63) is 138 Å². The molecule has 0 saturated carbocycles. The average molecular weight is 652 g/mol. The third kappa shape index (κ3) is 5.23. The Bertz CT molecular complexity index is 1890. The molecular formula is C42H49N7. The Hall–Kier alpha value is -5.17. The second kappa shape index (κ2) is 14.1. The van der Waals surface area contributed by atoms with Gasteiger partial charge in [-0.1, -0.05) is 126 Å². The minimum Gasteiger partial charge on any atom is -0.349 e. The van der Waals surface area contributed by atoms with Crippen molar-refractivity contribution in [1.82, 2.24) is 9.97 Å². The number of aryl methyl sites for hydroxylation is 1. The summed E-state index contributed by atoms with van der Waals surface area (Å²) in [6, 6.07) is 38.9. The van der Waals surface area contributed by atoms with Crippen molar-refractivity contribution in [2.75, 3.05) is 26.8 Å². The minimum atomic E-state index is -0.373. The van der Waals surface area contributed by atoms with Crippen molar-refractivity contribution in [2.45, 2.75) is 73.1 Å². The number of hydrogen-bond donors (Lipinski definition) is 0. The number of nitrogens with zero attached hydrogens (tertiary/aromatic N) is 7. The van der Waals surface area contributed by atoms with Crippen LogP contribution in [0.1, 0.15) is 70.6 Å². The number of para-hydroxylation sites is 3. The molecule has 4 heterocycles. The maximum Gasteiger partial charge on any atom is 0.162 e. The third-order valence-electron chi connectivity index (χ3n) is 10.3. The Labute approximate surface area is 292 Å². The van der Waals surface area contributed by atoms with E-state index in [2.05, 4.69) is 162 Å². The van der Waals surface area contributed by atoms with E-state index in [9.17, 15) is 0 Å². The van der Waals surface area contributed by atoms with E-state index in [1.54, 1.807) is 6.33 Å². The van der Waals surface area contributed by atoms with Crippen molar-refractivity contribution in [1.29, 1.82) is 0 Å². The normalized spacial score (nSPS) is 21.8. The lowest BCUT2D eigenvalue weighted by atomic mass is 9.62. The highest BCUT2D eigenvalue weighted by atomic mass is 15.6. The van der Waals surface area contributed by atoms with E-state index in [1.165, 1.54) is 16.8 Å². The summed E-state index contributed by atoms with van der Waals surface area (Å²) < 4.78 is 0. The zero-order chi connectivity index (χ0) is 34.7. The van der Waals surface area contributed by atoms with Crippen molar-refractivity contribution in [2.24, 2.45) is 10.5 Å². The molecule has 0 N–H and O–H groups in total. The van der Waals surface area contributed by atoms with Gasteiger partial charge < -0.3 is 14.7 Å². The van der Waals surface area contributed by atoms with Crippen molar-refractivity contribution >= 4 is 34.4 Å². The first-order chi connectivity index (χ1) is 24.1. The zero-order valence-electron chi connectivity index (χ0n) is 30.1. The lowest BCUT2D eigenvalue weighted by Crippen LogP contribution is -2.68. The summed E-state index contributed by atoms with van der Waals surface area (Å²) in [6.45, 7) is 15.0. The lowest BCUT2D eigenvalue weighted by molar-refractivity contribution is 0.121. The molecule has 0 fully saturated rings.